The van der Waals surface area contributed by atoms with Crippen LogP contribution in [0.1, 0.15) is 37.3 Å². The minimum absolute atomic E-state index is 0.0233. The van der Waals surface area contributed by atoms with Crippen LogP contribution in [0.5, 0.6) is 0 Å². The number of hydrogen-bond donors (Lipinski definition) is 1. The van der Waals surface area contributed by atoms with Crippen molar-refractivity contribution in [3.8, 4) is 0 Å². The number of likely N-dealkylation sites (tertiary alicyclic amines) is 1. The molecule has 0 saturated carbocycles. The molecule has 1 aromatic carbocycles. The van der Waals surface area contributed by atoms with Crippen molar-refractivity contribution in [2.75, 3.05) is 25.0 Å². The first-order chi connectivity index (χ1) is 11.0. The molecule has 0 aliphatic carbocycles. The highest BCUT2D eigenvalue weighted by molar-refractivity contribution is 5.93. The van der Waals surface area contributed by atoms with Crippen molar-refractivity contribution in [2.24, 2.45) is 0 Å². The number of esters is 1. The maximum Gasteiger partial charge on any atom is 0.305 e. The van der Waals surface area contributed by atoms with E-state index in [1.807, 2.05) is 32.0 Å². The van der Waals surface area contributed by atoms with Gasteiger partial charge in [0.2, 0.25) is 5.91 Å². The van der Waals surface area contributed by atoms with Crippen molar-refractivity contribution in [3.05, 3.63) is 29.3 Å². The van der Waals surface area contributed by atoms with Gasteiger partial charge in [0.1, 0.15) is 6.10 Å². The number of para-hydroxylation sites is 1. The van der Waals surface area contributed by atoms with Gasteiger partial charge in [0, 0.05) is 18.7 Å². The summed E-state index contributed by atoms with van der Waals surface area (Å²) in [6.07, 6.45) is 2.12. The number of rotatable bonds is 5. The lowest BCUT2D eigenvalue weighted by molar-refractivity contribution is -0.151. The zero-order valence-corrected chi connectivity index (χ0v) is 14.2. The van der Waals surface area contributed by atoms with Crippen molar-refractivity contribution >= 4 is 17.6 Å². The van der Waals surface area contributed by atoms with Crippen LogP contribution < -0.4 is 5.32 Å². The molecule has 2 rings (SSSR count). The van der Waals surface area contributed by atoms with Gasteiger partial charge in [-0.25, -0.2) is 0 Å². The van der Waals surface area contributed by atoms with Crippen LogP contribution in [0, 0.1) is 13.8 Å². The predicted octanol–water partition coefficient (Wildman–Crippen LogP) is 2.66. The number of carbonyl (C=O) groups excluding carboxylic acids is 2. The van der Waals surface area contributed by atoms with Crippen LogP contribution in [0.15, 0.2) is 18.2 Å². The van der Waals surface area contributed by atoms with Crippen molar-refractivity contribution in [1.29, 1.82) is 0 Å². The Morgan fingerprint density at radius 1 is 1.30 bits per heavy atom. The molecule has 5 heteroatoms. The number of hydrogen-bond acceptors (Lipinski definition) is 4. The van der Waals surface area contributed by atoms with Crippen LogP contribution >= 0.6 is 0 Å². The van der Waals surface area contributed by atoms with E-state index in [0.717, 1.165) is 36.2 Å². The number of anilines is 1. The number of carbonyl (C=O) groups is 2. The van der Waals surface area contributed by atoms with E-state index in [-0.39, 0.29) is 18.0 Å². The first-order valence-corrected chi connectivity index (χ1v) is 8.27. The van der Waals surface area contributed by atoms with Crippen LogP contribution in [0.25, 0.3) is 0 Å². The van der Waals surface area contributed by atoms with Gasteiger partial charge < -0.3 is 10.1 Å². The van der Waals surface area contributed by atoms with Crippen molar-refractivity contribution in [1.82, 2.24) is 4.90 Å². The molecule has 0 spiro atoms. The van der Waals surface area contributed by atoms with Gasteiger partial charge in [0.25, 0.3) is 0 Å². The molecule has 1 fully saturated rings. The fourth-order valence-corrected chi connectivity index (χ4v) is 2.92. The van der Waals surface area contributed by atoms with Crippen LogP contribution in [0.2, 0.25) is 0 Å². The van der Waals surface area contributed by atoms with Crippen molar-refractivity contribution in [2.45, 2.75) is 46.1 Å². The molecule has 1 heterocycles. The Hall–Kier alpha value is -1.88. The van der Waals surface area contributed by atoms with Crippen LogP contribution in [-0.2, 0) is 14.3 Å². The Labute approximate surface area is 138 Å². The normalized spacial score (nSPS) is 18.5. The molecule has 0 radical (unpaired) electrons. The van der Waals surface area contributed by atoms with Gasteiger partial charge >= 0.3 is 5.97 Å². The molecule has 1 unspecified atom stereocenters. The summed E-state index contributed by atoms with van der Waals surface area (Å²) in [5, 5.41) is 3.00. The molecule has 23 heavy (non-hydrogen) atoms. The fourth-order valence-electron chi connectivity index (χ4n) is 2.92. The predicted molar refractivity (Wildman–Crippen MR) is 90.4 cm³/mol. The Morgan fingerprint density at radius 2 is 2.00 bits per heavy atom. The molecule has 0 aromatic heterocycles. The Morgan fingerprint density at radius 3 is 2.65 bits per heavy atom. The molecule has 1 saturated heterocycles. The standard InChI is InChI=1S/C18H26N2O3/c1-4-17(22)23-15-9-6-10-20(11-15)12-16(21)19-18-13(2)7-5-8-14(18)3/h5,7-8,15H,4,6,9-12H2,1-3H3,(H,19,21). The number of aryl methyl sites for hydroxylation is 2. The summed E-state index contributed by atoms with van der Waals surface area (Å²) in [4.78, 5) is 25.8. The summed E-state index contributed by atoms with van der Waals surface area (Å²) in [5.41, 5.74) is 3.02. The highest BCUT2D eigenvalue weighted by Gasteiger charge is 2.24. The van der Waals surface area contributed by atoms with Gasteiger partial charge in [-0.3, -0.25) is 14.5 Å². The van der Waals surface area contributed by atoms with Gasteiger partial charge in [-0.2, -0.15) is 0 Å². The first-order valence-electron chi connectivity index (χ1n) is 8.27. The molecule has 1 aliphatic heterocycles. The third-order valence-corrected chi connectivity index (χ3v) is 4.16. The lowest BCUT2D eigenvalue weighted by Crippen LogP contribution is -2.44. The molecule has 1 N–H and O–H groups in total. The number of nitrogens with zero attached hydrogens (tertiary/aromatic N) is 1. The summed E-state index contributed by atoms with van der Waals surface area (Å²) in [5.74, 6) is -0.193. The van der Waals surface area contributed by atoms with Crippen molar-refractivity contribution in [3.63, 3.8) is 0 Å². The Kier molecular flexibility index (Phi) is 6.16. The fraction of sp³-hybridized carbons (Fsp3) is 0.556. The van der Waals surface area contributed by atoms with Gasteiger partial charge in [-0.15, -0.1) is 0 Å². The van der Waals surface area contributed by atoms with Gasteiger partial charge in [0.15, 0.2) is 0 Å². The van der Waals surface area contributed by atoms with Gasteiger partial charge in [-0.1, -0.05) is 25.1 Å². The average Bonchev–Trinajstić information content (AvgIpc) is 2.51. The zero-order chi connectivity index (χ0) is 16.8. The molecule has 5 nitrogen and oxygen atoms in total. The van der Waals surface area contributed by atoms with E-state index in [2.05, 4.69) is 10.2 Å². The van der Waals surface area contributed by atoms with E-state index in [9.17, 15) is 9.59 Å². The molecular formula is C18H26N2O3. The summed E-state index contributed by atoms with van der Waals surface area (Å²) in [7, 11) is 0. The van der Waals surface area contributed by atoms with Crippen LogP contribution in [0.3, 0.4) is 0 Å². The van der Waals surface area contributed by atoms with E-state index in [1.54, 1.807) is 6.92 Å². The average molecular weight is 318 g/mol. The number of piperidine rings is 1. The summed E-state index contributed by atoms with van der Waals surface area (Å²) < 4.78 is 5.40. The molecule has 1 atom stereocenters. The van der Waals surface area contributed by atoms with E-state index in [0.29, 0.717) is 19.5 Å². The second-order valence-corrected chi connectivity index (χ2v) is 6.16. The van der Waals surface area contributed by atoms with Gasteiger partial charge in [0.05, 0.1) is 6.54 Å². The van der Waals surface area contributed by atoms with Crippen LogP contribution in [-0.4, -0.2) is 42.5 Å². The number of nitrogens with one attached hydrogen (secondary N) is 1. The van der Waals surface area contributed by atoms with E-state index in [1.165, 1.54) is 0 Å². The Bertz CT molecular complexity index is 551. The first kappa shape index (κ1) is 17.5. The molecule has 0 bridgehead atoms. The number of benzene rings is 1. The highest BCUT2D eigenvalue weighted by atomic mass is 16.5. The zero-order valence-electron chi connectivity index (χ0n) is 14.2. The number of amides is 1. The van der Waals surface area contributed by atoms with E-state index >= 15 is 0 Å². The molecule has 1 amide bonds. The second-order valence-electron chi connectivity index (χ2n) is 6.16. The minimum Gasteiger partial charge on any atom is -0.461 e. The molecule has 1 aromatic rings. The second kappa shape index (κ2) is 8.11. The molecule has 126 valence electrons. The number of ether oxygens (including phenoxy) is 1. The summed E-state index contributed by atoms with van der Waals surface area (Å²) in [6.45, 7) is 7.59. The van der Waals surface area contributed by atoms with Gasteiger partial charge in [-0.05, 0) is 44.4 Å². The lowest BCUT2D eigenvalue weighted by atomic mass is 10.1. The largest absolute Gasteiger partial charge is 0.461 e. The monoisotopic (exact) mass is 318 g/mol. The maximum atomic E-state index is 12.3. The molecule has 1 aliphatic rings. The maximum absolute atomic E-state index is 12.3. The quantitative estimate of drug-likeness (QED) is 0.848. The Balaban J connectivity index is 1.88. The van der Waals surface area contributed by atoms with Crippen LogP contribution in [0.4, 0.5) is 5.69 Å². The summed E-state index contributed by atoms with van der Waals surface area (Å²) >= 11 is 0. The van der Waals surface area contributed by atoms with Crippen molar-refractivity contribution < 1.29 is 14.3 Å². The topological polar surface area (TPSA) is 58.6 Å². The molecular weight excluding hydrogens is 292 g/mol. The highest BCUT2D eigenvalue weighted by Crippen LogP contribution is 2.20. The SMILES string of the molecule is CCC(=O)OC1CCCN(CC(=O)Nc2c(C)cccc2C)C1. The van der Waals surface area contributed by atoms with E-state index < -0.39 is 0 Å². The lowest BCUT2D eigenvalue weighted by Gasteiger charge is -2.31. The summed E-state index contributed by atoms with van der Waals surface area (Å²) in [6, 6.07) is 5.96. The van der Waals surface area contributed by atoms with E-state index in [4.69, 9.17) is 4.74 Å². The third kappa shape index (κ3) is 5.06. The smallest absolute Gasteiger partial charge is 0.305 e. The third-order valence-electron chi connectivity index (χ3n) is 4.16. The minimum atomic E-state index is -0.170.